The summed E-state index contributed by atoms with van der Waals surface area (Å²) in [6.07, 6.45) is 4.53. The first-order valence-electron chi connectivity index (χ1n) is 10.0. The van der Waals surface area contributed by atoms with Gasteiger partial charge in [-0.15, -0.1) is 0 Å². The van der Waals surface area contributed by atoms with Crippen molar-refractivity contribution in [2.24, 2.45) is 24.1 Å². The number of nitrogens with two attached hydrogens (primary N) is 2. The summed E-state index contributed by atoms with van der Waals surface area (Å²) in [6, 6.07) is 10.1. The molecule has 6 nitrogen and oxygen atoms in total. The van der Waals surface area contributed by atoms with E-state index in [1.165, 1.54) is 24.6 Å². The van der Waals surface area contributed by atoms with E-state index in [0.29, 0.717) is 22.6 Å². The number of rotatable bonds is 3. The first kappa shape index (κ1) is 19.3. The van der Waals surface area contributed by atoms with Gasteiger partial charge < -0.3 is 16.4 Å². The zero-order valence-corrected chi connectivity index (χ0v) is 17.4. The Balaban J connectivity index is 1.56. The first-order valence-corrected chi connectivity index (χ1v) is 10.8. The van der Waals surface area contributed by atoms with Crippen molar-refractivity contribution in [1.82, 2.24) is 9.55 Å². The summed E-state index contributed by atoms with van der Waals surface area (Å²) in [5.74, 6) is 1.56. The highest BCUT2D eigenvalue weighted by molar-refractivity contribution is 7.99. The van der Waals surface area contributed by atoms with Crippen LogP contribution in [0.4, 0.5) is 11.8 Å². The van der Waals surface area contributed by atoms with Crippen LogP contribution in [0.5, 0.6) is 0 Å². The second-order valence-corrected chi connectivity index (χ2v) is 9.38. The van der Waals surface area contributed by atoms with Crippen molar-refractivity contribution >= 4 is 23.5 Å². The van der Waals surface area contributed by atoms with Crippen molar-refractivity contribution in [3.05, 3.63) is 40.7 Å². The number of nitrogen functional groups attached to an aromatic ring is 1. The predicted octanol–water partition coefficient (Wildman–Crippen LogP) is 2.86. The van der Waals surface area contributed by atoms with Crippen LogP contribution in [0.2, 0.25) is 0 Å². The average Bonchev–Trinajstić information content (AvgIpc) is 2.98. The van der Waals surface area contributed by atoms with Crippen molar-refractivity contribution in [3.8, 4) is 0 Å². The number of hydrogen-bond acceptors (Lipinski definition) is 6. The van der Waals surface area contributed by atoms with E-state index < -0.39 is 0 Å². The maximum Gasteiger partial charge on any atom is 0.270 e. The van der Waals surface area contributed by atoms with Gasteiger partial charge >= 0.3 is 0 Å². The molecule has 1 aromatic carbocycles. The molecule has 28 heavy (non-hydrogen) atoms. The van der Waals surface area contributed by atoms with E-state index in [4.69, 9.17) is 11.5 Å². The van der Waals surface area contributed by atoms with E-state index in [0.717, 1.165) is 30.8 Å². The summed E-state index contributed by atoms with van der Waals surface area (Å²) >= 11 is 1.37. The average molecular weight is 400 g/mol. The molecule has 4 N–H and O–H groups in total. The lowest BCUT2D eigenvalue weighted by Crippen LogP contribution is -2.49. The van der Waals surface area contributed by atoms with Crippen LogP contribution in [0.3, 0.4) is 0 Å². The smallest absolute Gasteiger partial charge is 0.270 e. The molecule has 1 aliphatic carbocycles. The maximum absolute atomic E-state index is 13.0. The van der Waals surface area contributed by atoms with Crippen molar-refractivity contribution in [2.45, 2.75) is 48.4 Å². The molecule has 2 fully saturated rings. The molecule has 150 valence electrons. The van der Waals surface area contributed by atoms with E-state index in [2.05, 4.69) is 16.8 Å². The molecule has 7 heteroatoms. The molecule has 0 amide bonds. The van der Waals surface area contributed by atoms with Gasteiger partial charge in [-0.2, -0.15) is 4.98 Å². The summed E-state index contributed by atoms with van der Waals surface area (Å²) in [4.78, 5) is 21.2. The Labute approximate surface area is 170 Å². The number of anilines is 2. The van der Waals surface area contributed by atoms with Crippen LogP contribution in [0.15, 0.2) is 44.9 Å². The van der Waals surface area contributed by atoms with Gasteiger partial charge in [0.2, 0.25) is 5.95 Å². The molecule has 0 bridgehead atoms. The predicted molar refractivity (Wildman–Crippen MR) is 115 cm³/mol. The van der Waals surface area contributed by atoms with Gasteiger partial charge in [0, 0.05) is 31.1 Å². The standard InChI is InChI=1S/C21H29N5OS/c1-14-8-9-21(17(14)22)10-12-26(13-11-21)20-24-18(23)16(19(27)25(20)2)28-15-6-4-3-5-7-15/h3-7,14,17H,8-13,22-23H2,1-2H3/t14-,17-/m1/s1. The van der Waals surface area contributed by atoms with Gasteiger partial charge in [-0.1, -0.05) is 36.9 Å². The number of piperidine rings is 1. The summed E-state index contributed by atoms with van der Waals surface area (Å²) < 4.78 is 1.64. The molecule has 0 radical (unpaired) electrons. The van der Waals surface area contributed by atoms with Crippen LogP contribution in [-0.4, -0.2) is 28.7 Å². The van der Waals surface area contributed by atoms with Crippen LogP contribution in [0.25, 0.3) is 0 Å². The summed E-state index contributed by atoms with van der Waals surface area (Å²) in [5, 5.41) is 0. The Morgan fingerprint density at radius 3 is 2.46 bits per heavy atom. The molecular formula is C21H29N5OS. The lowest BCUT2D eigenvalue weighted by atomic mass is 9.73. The third-order valence-corrected chi connectivity index (χ3v) is 7.77. The zero-order valence-electron chi connectivity index (χ0n) is 16.6. The molecular weight excluding hydrogens is 370 g/mol. The highest BCUT2D eigenvalue weighted by atomic mass is 32.2. The maximum atomic E-state index is 13.0. The molecule has 1 saturated heterocycles. The molecule has 1 aliphatic heterocycles. The molecule has 1 spiro atoms. The van der Waals surface area contributed by atoms with E-state index in [9.17, 15) is 4.79 Å². The second-order valence-electron chi connectivity index (χ2n) is 8.30. The molecule has 2 aliphatic rings. The first-order chi connectivity index (χ1) is 13.4. The fourth-order valence-electron chi connectivity index (χ4n) is 4.77. The third kappa shape index (κ3) is 3.31. The minimum atomic E-state index is -0.0946. The number of aromatic nitrogens is 2. The summed E-state index contributed by atoms with van der Waals surface area (Å²) in [5.41, 5.74) is 12.9. The van der Waals surface area contributed by atoms with E-state index in [-0.39, 0.29) is 17.0 Å². The fourth-order valence-corrected chi connectivity index (χ4v) is 5.68. The molecule has 2 aromatic rings. The van der Waals surface area contributed by atoms with E-state index in [1.807, 2.05) is 30.3 Å². The molecule has 2 atom stereocenters. The minimum absolute atomic E-state index is 0.0946. The van der Waals surface area contributed by atoms with Gasteiger partial charge in [-0.05, 0) is 49.1 Å². The van der Waals surface area contributed by atoms with Crippen molar-refractivity contribution in [2.75, 3.05) is 23.7 Å². The van der Waals surface area contributed by atoms with Crippen LogP contribution in [0, 0.1) is 11.3 Å². The number of nitrogens with zero attached hydrogens (tertiary/aromatic N) is 3. The summed E-state index contributed by atoms with van der Waals surface area (Å²) in [7, 11) is 1.78. The minimum Gasteiger partial charge on any atom is -0.382 e. The number of benzene rings is 1. The summed E-state index contributed by atoms with van der Waals surface area (Å²) in [6.45, 7) is 4.00. The second kappa shape index (κ2) is 7.44. The van der Waals surface area contributed by atoms with Crippen LogP contribution in [0.1, 0.15) is 32.6 Å². The molecule has 1 aromatic heterocycles. The Bertz CT molecular complexity index is 905. The highest BCUT2D eigenvalue weighted by Crippen LogP contribution is 2.48. The van der Waals surface area contributed by atoms with Gasteiger partial charge in [0.05, 0.1) is 0 Å². The molecule has 0 unspecified atom stereocenters. The van der Waals surface area contributed by atoms with E-state index in [1.54, 1.807) is 11.6 Å². The SMILES string of the molecule is C[C@@H]1CCC2(CCN(c3nc(N)c(Sc4ccccc4)c(=O)n3C)CC2)[C@@H]1N. The third-order valence-electron chi connectivity index (χ3n) is 6.67. The Kier molecular flexibility index (Phi) is 5.14. The molecule has 4 rings (SSSR count). The van der Waals surface area contributed by atoms with Crippen LogP contribution >= 0.6 is 11.8 Å². The van der Waals surface area contributed by atoms with Crippen molar-refractivity contribution in [3.63, 3.8) is 0 Å². The monoisotopic (exact) mass is 399 g/mol. The van der Waals surface area contributed by atoms with Gasteiger partial charge in [-0.3, -0.25) is 9.36 Å². The Morgan fingerprint density at radius 2 is 1.86 bits per heavy atom. The molecule has 2 heterocycles. The molecule has 1 saturated carbocycles. The number of hydrogen-bond donors (Lipinski definition) is 2. The lowest BCUT2D eigenvalue weighted by molar-refractivity contribution is 0.185. The van der Waals surface area contributed by atoms with Crippen LogP contribution < -0.4 is 21.9 Å². The highest BCUT2D eigenvalue weighted by Gasteiger charge is 2.46. The topological polar surface area (TPSA) is 90.2 Å². The van der Waals surface area contributed by atoms with Gasteiger partial charge in [0.15, 0.2) is 0 Å². The lowest BCUT2D eigenvalue weighted by Gasteiger charge is -2.43. The van der Waals surface area contributed by atoms with Gasteiger partial charge in [0.1, 0.15) is 10.7 Å². The fraction of sp³-hybridized carbons (Fsp3) is 0.524. The normalized spacial score (nSPS) is 24.0. The Morgan fingerprint density at radius 1 is 1.18 bits per heavy atom. The quantitative estimate of drug-likeness (QED) is 0.825. The van der Waals surface area contributed by atoms with Gasteiger partial charge in [0.25, 0.3) is 5.56 Å². The van der Waals surface area contributed by atoms with Crippen LogP contribution in [-0.2, 0) is 7.05 Å². The van der Waals surface area contributed by atoms with Crippen molar-refractivity contribution < 1.29 is 0 Å². The van der Waals surface area contributed by atoms with Gasteiger partial charge in [-0.25, -0.2) is 0 Å². The zero-order chi connectivity index (χ0) is 19.9. The van der Waals surface area contributed by atoms with E-state index >= 15 is 0 Å². The largest absolute Gasteiger partial charge is 0.382 e. The Hall–Kier alpha value is -1.99. The van der Waals surface area contributed by atoms with Crippen molar-refractivity contribution in [1.29, 1.82) is 0 Å².